The van der Waals surface area contributed by atoms with E-state index in [-0.39, 0.29) is 5.91 Å². The Hall–Kier alpha value is -0.870. The molecule has 1 aliphatic heterocycles. The fourth-order valence-corrected chi connectivity index (χ4v) is 2.07. The first kappa shape index (κ1) is 11.6. The van der Waals surface area contributed by atoms with Crippen LogP contribution in [0.25, 0.3) is 0 Å². The second kappa shape index (κ2) is 4.97. The quantitative estimate of drug-likeness (QED) is 0.682. The van der Waals surface area contributed by atoms with Crippen LogP contribution in [0.3, 0.4) is 0 Å². The lowest BCUT2D eigenvalue weighted by molar-refractivity contribution is -0.116. The van der Waals surface area contributed by atoms with E-state index in [9.17, 15) is 4.79 Å². The van der Waals surface area contributed by atoms with Gasteiger partial charge >= 0.3 is 0 Å². The summed E-state index contributed by atoms with van der Waals surface area (Å²) in [6.07, 6.45) is 1.46. The lowest BCUT2D eigenvalue weighted by Crippen LogP contribution is -2.20. The highest BCUT2D eigenvalue weighted by Gasteiger charge is 2.14. The van der Waals surface area contributed by atoms with Crippen LogP contribution in [0.2, 0.25) is 0 Å². The molecule has 86 valence electrons. The molecule has 0 radical (unpaired) electrons. The summed E-state index contributed by atoms with van der Waals surface area (Å²) in [5.74, 6) is 0.123. The number of aryl methyl sites for hydroxylation is 1. The number of anilines is 1. The largest absolute Gasteiger partial charge is 0.326 e. The van der Waals surface area contributed by atoms with Crippen molar-refractivity contribution in [2.75, 3.05) is 17.8 Å². The van der Waals surface area contributed by atoms with Gasteiger partial charge in [-0.3, -0.25) is 9.69 Å². The van der Waals surface area contributed by atoms with Crippen LogP contribution in [0.5, 0.6) is 0 Å². The smallest absolute Gasteiger partial charge is 0.224 e. The maximum absolute atomic E-state index is 11.2. The number of halogens is 1. The number of nitrogens with zero attached hydrogens (tertiary/aromatic N) is 1. The molecule has 0 fully saturated rings. The Morgan fingerprint density at radius 1 is 1.44 bits per heavy atom. The highest BCUT2D eigenvalue weighted by atomic mass is 79.9. The van der Waals surface area contributed by atoms with Crippen LogP contribution in [-0.4, -0.2) is 23.3 Å². The van der Waals surface area contributed by atoms with E-state index in [0.29, 0.717) is 6.42 Å². The Morgan fingerprint density at radius 2 is 2.25 bits per heavy atom. The summed E-state index contributed by atoms with van der Waals surface area (Å²) in [5.41, 5.74) is 4.37. The topological polar surface area (TPSA) is 32.3 Å². The number of carbonyl (C=O) groups is 1. The van der Waals surface area contributed by atoms with Gasteiger partial charge in [0.15, 0.2) is 0 Å². The van der Waals surface area contributed by atoms with Crippen LogP contribution >= 0.6 is 15.9 Å². The summed E-state index contributed by atoms with van der Waals surface area (Å²) < 4.78 is 0. The molecule has 0 saturated carbocycles. The molecule has 1 amide bonds. The third kappa shape index (κ3) is 2.62. The van der Waals surface area contributed by atoms with Crippen LogP contribution < -0.4 is 5.32 Å². The standard InChI is InChI=1S/C12H15BrN2O/c1-15(8-13)7-9-2-4-11-10(6-9)3-5-12(16)14-11/h2,4,6H,3,5,7-8H2,1H3,(H,14,16). The normalized spacial score (nSPS) is 14.8. The SMILES string of the molecule is CN(CBr)Cc1ccc2c(c1)CCC(=O)N2. The molecule has 4 heteroatoms. The molecule has 0 aromatic heterocycles. The van der Waals surface area contributed by atoms with E-state index in [1.165, 1.54) is 11.1 Å². The average Bonchev–Trinajstić information content (AvgIpc) is 2.29. The second-order valence-electron chi connectivity index (χ2n) is 4.17. The highest BCUT2D eigenvalue weighted by molar-refractivity contribution is 9.09. The number of rotatable bonds is 3. The zero-order chi connectivity index (χ0) is 11.5. The monoisotopic (exact) mass is 282 g/mol. The molecule has 1 heterocycles. The highest BCUT2D eigenvalue weighted by Crippen LogP contribution is 2.23. The first-order valence-corrected chi connectivity index (χ1v) is 6.47. The molecular weight excluding hydrogens is 268 g/mol. The third-order valence-electron chi connectivity index (χ3n) is 2.72. The van der Waals surface area contributed by atoms with Crippen molar-refractivity contribution in [2.45, 2.75) is 19.4 Å². The van der Waals surface area contributed by atoms with Crippen molar-refractivity contribution >= 4 is 27.5 Å². The molecule has 0 saturated heterocycles. The van der Waals surface area contributed by atoms with E-state index < -0.39 is 0 Å². The molecular formula is C12H15BrN2O. The van der Waals surface area contributed by atoms with E-state index in [0.717, 1.165) is 24.1 Å². The Labute approximate surface area is 104 Å². The number of carbonyl (C=O) groups excluding carboxylic acids is 1. The Kier molecular flexibility index (Phi) is 3.61. The van der Waals surface area contributed by atoms with E-state index in [4.69, 9.17) is 0 Å². The van der Waals surface area contributed by atoms with Crippen molar-refractivity contribution in [1.82, 2.24) is 4.90 Å². The number of alkyl halides is 1. The minimum atomic E-state index is 0.123. The van der Waals surface area contributed by atoms with Gasteiger partial charge in [0.2, 0.25) is 5.91 Å². The number of fused-ring (bicyclic) bond motifs is 1. The van der Waals surface area contributed by atoms with Gasteiger partial charge in [-0.1, -0.05) is 28.1 Å². The van der Waals surface area contributed by atoms with Crippen molar-refractivity contribution in [1.29, 1.82) is 0 Å². The number of hydrogen-bond acceptors (Lipinski definition) is 2. The van der Waals surface area contributed by atoms with E-state index in [2.05, 4.69) is 45.3 Å². The predicted molar refractivity (Wildman–Crippen MR) is 68.7 cm³/mol. The maximum Gasteiger partial charge on any atom is 0.224 e. The van der Waals surface area contributed by atoms with Crippen molar-refractivity contribution in [3.8, 4) is 0 Å². The number of amides is 1. The zero-order valence-corrected chi connectivity index (χ0v) is 10.9. The Balaban J connectivity index is 2.16. The van der Waals surface area contributed by atoms with Crippen molar-refractivity contribution in [3.63, 3.8) is 0 Å². The molecule has 0 aliphatic carbocycles. The molecule has 0 spiro atoms. The summed E-state index contributed by atoms with van der Waals surface area (Å²) in [6, 6.07) is 6.27. The lowest BCUT2D eigenvalue weighted by atomic mass is 10.0. The number of nitrogens with one attached hydrogen (secondary N) is 1. The predicted octanol–water partition coefficient (Wildman–Crippen LogP) is 2.36. The second-order valence-corrected chi connectivity index (χ2v) is 4.67. The average molecular weight is 283 g/mol. The minimum absolute atomic E-state index is 0.123. The minimum Gasteiger partial charge on any atom is -0.326 e. The van der Waals surface area contributed by atoms with Gasteiger partial charge in [0.1, 0.15) is 0 Å². The van der Waals surface area contributed by atoms with Gasteiger partial charge in [0, 0.05) is 18.7 Å². The lowest BCUT2D eigenvalue weighted by Gasteiger charge is -2.19. The summed E-state index contributed by atoms with van der Waals surface area (Å²) in [6.45, 7) is 0.923. The third-order valence-corrected chi connectivity index (χ3v) is 3.58. The van der Waals surface area contributed by atoms with E-state index in [1.807, 2.05) is 6.07 Å². The van der Waals surface area contributed by atoms with Gasteiger partial charge in [0.05, 0.1) is 5.45 Å². The molecule has 0 atom stereocenters. The Morgan fingerprint density at radius 3 is 3.00 bits per heavy atom. The van der Waals surface area contributed by atoms with Gasteiger partial charge < -0.3 is 5.32 Å². The van der Waals surface area contributed by atoms with E-state index in [1.54, 1.807) is 0 Å². The summed E-state index contributed by atoms with van der Waals surface area (Å²) >= 11 is 3.42. The van der Waals surface area contributed by atoms with Gasteiger partial charge in [-0.15, -0.1) is 0 Å². The first-order valence-electron chi connectivity index (χ1n) is 5.35. The van der Waals surface area contributed by atoms with Gasteiger partial charge in [-0.25, -0.2) is 0 Å². The molecule has 16 heavy (non-hydrogen) atoms. The van der Waals surface area contributed by atoms with E-state index >= 15 is 0 Å². The molecule has 0 bridgehead atoms. The molecule has 1 aliphatic rings. The molecule has 1 aromatic carbocycles. The number of hydrogen-bond donors (Lipinski definition) is 1. The Bertz CT molecular complexity index is 406. The fourth-order valence-electron chi connectivity index (χ4n) is 1.89. The van der Waals surface area contributed by atoms with Crippen LogP contribution in [0.1, 0.15) is 17.5 Å². The van der Waals surface area contributed by atoms with Crippen molar-refractivity contribution < 1.29 is 4.79 Å². The number of benzene rings is 1. The van der Waals surface area contributed by atoms with Crippen LogP contribution in [0.15, 0.2) is 18.2 Å². The molecule has 3 nitrogen and oxygen atoms in total. The van der Waals surface area contributed by atoms with Gasteiger partial charge in [-0.05, 0) is 30.7 Å². The molecule has 0 unspecified atom stereocenters. The van der Waals surface area contributed by atoms with Gasteiger partial charge in [0.25, 0.3) is 0 Å². The van der Waals surface area contributed by atoms with Crippen LogP contribution in [0, 0.1) is 0 Å². The summed E-state index contributed by atoms with van der Waals surface area (Å²) in [5, 5.41) is 2.89. The van der Waals surface area contributed by atoms with Crippen LogP contribution in [-0.2, 0) is 17.8 Å². The van der Waals surface area contributed by atoms with Crippen LogP contribution in [0.4, 0.5) is 5.69 Å². The zero-order valence-electron chi connectivity index (χ0n) is 9.29. The fraction of sp³-hybridized carbons (Fsp3) is 0.417. The summed E-state index contributed by atoms with van der Waals surface area (Å²) in [4.78, 5) is 13.4. The van der Waals surface area contributed by atoms with Crippen molar-refractivity contribution in [3.05, 3.63) is 29.3 Å². The maximum atomic E-state index is 11.2. The molecule has 1 aromatic rings. The first-order chi connectivity index (χ1) is 7.69. The van der Waals surface area contributed by atoms with Gasteiger partial charge in [-0.2, -0.15) is 0 Å². The summed E-state index contributed by atoms with van der Waals surface area (Å²) in [7, 11) is 2.07. The van der Waals surface area contributed by atoms with Crippen molar-refractivity contribution in [2.24, 2.45) is 0 Å². The molecule has 1 N–H and O–H groups in total. The molecule has 2 rings (SSSR count).